The molecule has 2 nitrogen and oxygen atoms in total. The Morgan fingerprint density at radius 3 is 2.61 bits per heavy atom. The molecule has 2 aromatic rings. The van der Waals surface area contributed by atoms with E-state index in [1.165, 1.54) is 16.0 Å². The van der Waals surface area contributed by atoms with E-state index in [1.807, 2.05) is 0 Å². The lowest BCUT2D eigenvalue weighted by Crippen LogP contribution is -2.29. The molecule has 18 heavy (non-hydrogen) atoms. The van der Waals surface area contributed by atoms with E-state index in [9.17, 15) is 0 Å². The van der Waals surface area contributed by atoms with Crippen molar-refractivity contribution in [2.45, 2.75) is 19.4 Å². The van der Waals surface area contributed by atoms with Crippen molar-refractivity contribution in [2.24, 2.45) is 5.84 Å². The fraction of sp³-hybridized carbons (Fsp3) is 0.231. The van der Waals surface area contributed by atoms with Crippen molar-refractivity contribution < 1.29 is 0 Å². The highest BCUT2D eigenvalue weighted by atomic mass is 79.9. The van der Waals surface area contributed by atoms with Crippen molar-refractivity contribution in [3.8, 4) is 0 Å². The summed E-state index contributed by atoms with van der Waals surface area (Å²) in [5.74, 6) is 5.69. The van der Waals surface area contributed by atoms with Gasteiger partial charge in [-0.15, -0.1) is 11.3 Å². The van der Waals surface area contributed by atoms with Crippen molar-refractivity contribution in [3.05, 3.63) is 54.6 Å². The van der Waals surface area contributed by atoms with Crippen molar-refractivity contribution >= 4 is 43.2 Å². The highest BCUT2D eigenvalue weighted by Gasteiger charge is 2.14. The molecule has 0 saturated heterocycles. The third-order valence-corrected chi connectivity index (χ3v) is 5.10. The first-order chi connectivity index (χ1) is 8.60. The first-order valence-electron chi connectivity index (χ1n) is 5.56. The summed E-state index contributed by atoms with van der Waals surface area (Å²) in [5, 5.41) is 0. The topological polar surface area (TPSA) is 38.0 Å². The highest BCUT2D eigenvalue weighted by Crippen LogP contribution is 2.30. The largest absolute Gasteiger partial charge is 0.271 e. The maximum atomic E-state index is 5.69. The van der Waals surface area contributed by atoms with Gasteiger partial charge < -0.3 is 0 Å². The molecule has 0 aliphatic heterocycles. The van der Waals surface area contributed by atoms with Crippen molar-refractivity contribution in [1.82, 2.24) is 5.43 Å². The SMILES string of the molecule is Cc1ccc(C(Cc2ccc(Br)s2)NN)c(Br)c1. The van der Waals surface area contributed by atoms with Gasteiger partial charge >= 0.3 is 0 Å². The second-order valence-electron chi connectivity index (χ2n) is 4.15. The molecule has 2 rings (SSSR count). The molecular weight excluding hydrogens is 376 g/mol. The van der Waals surface area contributed by atoms with E-state index < -0.39 is 0 Å². The van der Waals surface area contributed by atoms with Crippen LogP contribution in [0.15, 0.2) is 38.6 Å². The summed E-state index contributed by atoms with van der Waals surface area (Å²) in [6.07, 6.45) is 0.883. The van der Waals surface area contributed by atoms with Crippen LogP contribution in [0.3, 0.4) is 0 Å². The monoisotopic (exact) mass is 388 g/mol. The molecule has 0 radical (unpaired) electrons. The molecule has 3 N–H and O–H groups in total. The van der Waals surface area contributed by atoms with E-state index in [0.29, 0.717) is 0 Å². The molecule has 0 bridgehead atoms. The quantitative estimate of drug-likeness (QED) is 0.603. The van der Waals surface area contributed by atoms with Gasteiger partial charge in [0.1, 0.15) is 0 Å². The maximum Gasteiger partial charge on any atom is 0.0701 e. The second-order valence-corrected chi connectivity index (χ2v) is 7.56. The molecule has 1 aromatic heterocycles. The van der Waals surface area contributed by atoms with Gasteiger partial charge in [0, 0.05) is 15.8 Å². The number of hydrogen-bond acceptors (Lipinski definition) is 3. The predicted molar refractivity (Wildman–Crippen MR) is 84.7 cm³/mol. The lowest BCUT2D eigenvalue weighted by Gasteiger charge is -2.17. The van der Waals surface area contributed by atoms with Crippen LogP contribution in [-0.4, -0.2) is 0 Å². The molecule has 96 valence electrons. The van der Waals surface area contributed by atoms with Crippen LogP contribution in [-0.2, 0) is 6.42 Å². The summed E-state index contributed by atoms with van der Waals surface area (Å²) in [6, 6.07) is 10.6. The highest BCUT2D eigenvalue weighted by molar-refractivity contribution is 9.11. The molecule has 1 aromatic carbocycles. The van der Waals surface area contributed by atoms with Crippen LogP contribution in [0.5, 0.6) is 0 Å². The fourth-order valence-electron chi connectivity index (χ4n) is 1.84. The standard InChI is InChI=1S/C13H14Br2N2S/c1-8-2-4-10(11(14)6-8)12(17-16)7-9-3-5-13(15)18-9/h2-6,12,17H,7,16H2,1H3. The normalized spacial score (nSPS) is 12.7. The van der Waals surface area contributed by atoms with E-state index in [2.05, 4.69) is 74.5 Å². The molecule has 1 heterocycles. The smallest absolute Gasteiger partial charge is 0.0701 e. The van der Waals surface area contributed by atoms with Crippen LogP contribution in [0.1, 0.15) is 22.0 Å². The van der Waals surface area contributed by atoms with E-state index in [1.54, 1.807) is 11.3 Å². The molecule has 0 saturated carbocycles. The zero-order chi connectivity index (χ0) is 13.1. The van der Waals surface area contributed by atoms with Gasteiger partial charge in [0.2, 0.25) is 0 Å². The summed E-state index contributed by atoms with van der Waals surface area (Å²) in [5.41, 5.74) is 5.32. The zero-order valence-corrected chi connectivity index (χ0v) is 13.9. The van der Waals surface area contributed by atoms with Gasteiger partial charge in [-0.2, -0.15) is 0 Å². The lowest BCUT2D eigenvalue weighted by atomic mass is 10.0. The number of rotatable bonds is 4. The van der Waals surface area contributed by atoms with Crippen LogP contribution >= 0.6 is 43.2 Å². The van der Waals surface area contributed by atoms with Crippen LogP contribution < -0.4 is 11.3 Å². The van der Waals surface area contributed by atoms with Crippen LogP contribution in [0, 0.1) is 6.92 Å². The molecule has 0 fully saturated rings. The number of halogens is 2. The van der Waals surface area contributed by atoms with Crippen molar-refractivity contribution in [2.75, 3.05) is 0 Å². The Hall–Kier alpha value is -0.200. The Morgan fingerprint density at radius 1 is 1.28 bits per heavy atom. The van der Waals surface area contributed by atoms with Gasteiger partial charge in [-0.25, -0.2) is 0 Å². The van der Waals surface area contributed by atoms with E-state index in [0.717, 1.165) is 14.7 Å². The van der Waals surface area contributed by atoms with Gasteiger partial charge in [-0.3, -0.25) is 11.3 Å². The van der Waals surface area contributed by atoms with Crippen LogP contribution in [0.25, 0.3) is 0 Å². The Balaban J connectivity index is 2.22. The maximum absolute atomic E-state index is 5.69. The number of nitrogens with one attached hydrogen (secondary N) is 1. The van der Waals surface area contributed by atoms with Crippen molar-refractivity contribution in [1.29, 1.82) is 0 Å². The van der Waals surface area contributed by atoms with Crippen LogP contribution in [0.2, 0.25) is 0 Å². The first-order valence-corrected chi connectivity index (χ1v) is 7.97. The van der Waals surface area contributed by atoms with Crippen molar-refractivity contribution in [3.63, 3.8) is 0 Å². The van der Waals surface area contributed by atoms with Crippen LogP contribution in [0.4, 0.5) is 0 Å². The third kappa shape index (κ3) is 3.42. The average Bonchev–Trinajstić information content (AvgIpc) is 2.72. The number of benzene rings is 1. The van der Waals surface area contributed by atoms with Gasteiger partial charge in [0.15, 0.2) is 0 Å². The number of thiophene rings is 1. The molecule has 0 spiro atoms. The predicted octanol–water partition coefficient (Wildman–Crippen LogP) is 4.33. The first kappa shape index (κ1) is 14.2. The van der Waals surface area contributed by atoms with E-state index in [-0.39, 0.29) is 6.04 Å². The number of nitrogens with two attached hydrogens (primary N) is 1. The zero-order valence-electron chi connectivity index (χ0n) is 9.91. The fourth-order valence-corrected chi connectivity index (χ4v) is 4.13. The average molecular weight is 390 g/mol. The van der Waals surface area contributed by atoms with Gasteiger partial charge in [0.25, 0.3) is 0 Å². The number of aryl methyl sites for hydroxylation is 1. The van der Waals surface area contributed by atoms with Gasteiger partial charge in [0.05, 0.1) is 9.83 Å². The summed E-state index contributed by atoms with van der Waals surface area (Å²) >= 11 is 8.83. The Morgan fingerprint density at radius 2 is 2.06 bits per heavy atom. The number of hydrogen-bond donors (Lipinski definition) is 2. The summed E-state index contributed by atoms with van der Waals surface area (Å²) in [7, 11) is 0. The Labute approximate surface area is 128 Å². The minimum Gasteiger partial charge on any atom is -0.271 e. The summed E-state index contributed by atoms with van der Waals surface area (Å²) < 4.78 is 2.25. The molecule has 0 aliphatic rings. The van der Waals surface area contributed by atoms with Gasteiger partial charge in [-0.05, 0) is 52.2 Å². The minimum absolute atomic E-state index is 0.116. The molecule has 0 amide bonds. The van der Waals surface area contributed by atoms with E-state index >= 15 is 0 Å². The Kier molecular flexibility index (Phi) is 4.98. The molecular formula is C13H14Br2N2S. The minimum atomic E-state index is 0.116. The molecule has 1 atom stereocenters. The summed E-state index contributed by atoms with van der Waals surface area (Å²) in [6.45, 7) is 2.08. The molecule has 1 unspecified atom stereocenters. The Bertz CT molecular complexity index is 540. The number of hydrazine groups is 1. The second kappa shape index (κ2) is 6.30. The summed E-state index contributed by atoms with van der Waals surface area (Å²) in [4.78, 5) is 1.30. The molecule has 0 aliphatic carbocycles. The third-order valence-electron chi connectivity index (χ3n) is 2.77. The molecule has 5 heteroatoms. The van der Waals surface area contributed by atoms with E-state index in [4.69, 9.17) is 5.84 Å². The van der Waals surface area contributed by atoms with Gasteiger partial charge in [-0.1, -0.05) is 28.1 Å². The lowest BCUT2D eigenvalue weighted by molar-refractivity contribution is 0.553.